The Morgan fingerprint density at radius 2 is 1.83 bits per heavy atom. The molecule has 2 atom stereocenters. The van der Waals surface area contributed by atoms with Gasteiger partial charge < -0.3 is 10.1 Å². The normalized spacial score (nSPS) is 13.4. The van der Waals surface area contributed by atoms with Crippen LogP contribution in [0.4, 0.5) is 13.2 Å². The Labute approximate surface area is 212 Å². The number of hydrogen-bond donors (Lipinski definition) is 1. The van der Waals surface area contributed by atoms with Crippen molar-refractivity contribution < 1.29 is 22.7 Å². The van der Waals surface area contributed by atoms with E-state index in [9.17, 15) is 23.2 Å². The van der Waals surface area contributed by atoms with Crippen molar-refractivity contribution in [3.8, 4) is 11.9 Å². The van der Waals surface area contributed by atoms with Crippen LogP contribution < -0.4 is 10.1 Å². The number of rotatable bonds is 8. The second-order valence-electron chi connectivity index (χ2n) is 8.93. The molecule has 0 aliphatic rings. The maximum Gasteiger partial charge on any atom is 0.417 e. The van der Waals surface area contributed by atoms with Crippen LogP contribution in [0, 0.1) is 11.3 Å². The van der Waals surface area contributed by atoms with E-state index in [2.05, 4.69) is 16.4 Å². The van der Waals surface area contributed by atoms with E-state index in [0.717, 1.165) is 23.3 Å². The Morgan fingerprint density at radius 1 is 1.14 bits per heavy atom. The highest BCUT2D eigenvalue weighted by molar-refractivity contribution is 6.30. The molecule has 0 aliphatic heterocycles. The van der Waals surface area contributed by atoms with Crippen LogP contribution in [0.15, 0.2) is 66.9 Å². The topological polar surface area (TPSA) is 75.0 Å². The molecule has 1 N–H and O–H groups in total. The van der Waals surface area contributed by atoms with Crippen molar-refractivity contribution in [3.63, 3.8) is 0 Å². The van der Waals surface area contributed by atoms with Gasteiger partial charge >= 0.3 is 6.18 Å². The summed E-state index contributed by atoms with van der Waals surface area (Å²) in [6.07, 6.45) is -3.29. The van der Waals surface area contributed by atoms with Crippen molar-refractivity contribution in [2.75, 3.05) is 0 Å². The molecule has 9 heteroatoms. The van der Waals surface area contributed by atoms with Crippen molar-refractivity contribution in [1.29, 1.82) is 5.26 Å². The third kappa shape index (κ3) is 6.98. The molecule has 1 amide bonds. The summed E-state index contributed by atoms with van der Waals surface area (Å²) in [6, 6.07) is 18.3. The van der Waals surface area contributed by atoms with Crippen LogP contribution in [0.3, 0.4) is 0 Å². The first kappa shape index (κ1) is 27.0. The lowest BCUT2D eigenvalue weighted by molar-refractivity contribution is -0.138. The monoisotopic (exact) mass is 514 g/mol. The summed E-state index contributed by atoms with van der Waals surface area (Å²) >= 11 is 6.02. The van der Waals surface area contributed by atoms with Crippen LogP contribution in [-0.2, 0) is 17.4 Å². The fraction of sp³-hybridized carbons (Fsp3) is 0.296. The van der Waals surface area contributed by atoms with Crippen molar-refractivity contribution in [3.05, 3.63) is 94.1 Å². The van der Waals surface area contributed by atoms with Gasteiger partial charge in [-0.2, -0.15) is 18.4 Å². The number of carbonyl (C=O) groups is 1. The molecule has 3 rings (SSSR count). The minimum absolute atomic E-state index is 0.102. The van der Waals surface area contributed by atoms with Gasteiger partial charge in [-0.3, -0.25) is 4.79 Å². The largest absolute Gasteiger partial charge is 0.462 e. The molecule has 3 aromatic rings. The summed E-state index contributed by atoms with van der Waals surface area (Å²) in [7, 11) is 0. The number of nitrogens with one attached hydrogen (secondary N) is 1. The highest BCUT2D eigenvalue weighted by Gasteiger charge is 2.34. The summed E-state index contributed by atoms with van der Waals surface area (Å²) < 4.78 is 44.0. The molecule has 0 fully saturated rings. The first-order valence-corrected chi connectivity index (χ1v) is 11.5. The standard InChI is InChI=1S/C27H25ClF3N3O2/c1-17(34-25(35)26(2,3)36-24-12-9-21(16-33-24)27(29,30)31)23(14-18-7-10-22(28)11-8-18)20-6-4-5-19(13-20)15-32/h4-13,16-17,23H,14H2,1-3H3,(H,34,35)/t17-,23+/m0/s1/i29-1. The second-order valence-corrected chi connectivity index (χ2v) is 9.37. The smallest absolute Gasteiger partial charge is 0.417 e. The molecule has 0 radical (unpaired) electrons. The third-order valence-corrected chi connectivity index (χ3v) is 6.00. The van der Waals surface area contributed by atoms with Gasteiger partial charge in [-0.1, -0.05) is 35.9 Å². The molecule has 0 spiro atoms. The molecule has 0 unspecified atom stereocenters. The summed E-state index contributed by atoms with van der Waals surface area (Å²) in [6.45, 7) is 4.88. The molecule has 0 saturated carbocycles. The molecule has 36 heavy (non-hydrogen) atoms. The van der Waals surface area contributed by atoms with Crippen LogP contribution in [-0.4, -0.2) is 22.5 Å². The molecular weight excluding hydrogens is 490 g/mol. The number of halogens is 4. The molecule has 2 aromatic carbocycles. The Balaban J connectivity index is 1.79. The molecule has 0 aliphatic carbocycles. The fourth-order valence-corrected chi connectivity index (χ4v) is 3.82. The molecule has 188 valence electrons. The number of nitriles is 1. The van der Waals surface area contributed by atoms with E-state index in [1.807, 2.05) is 25.1 Å². The lowest BCUT2D eigenvalue weighted by atomic mass is 9.85. The highest BCUT2D eigenvalue weighted by atomic mass is 35.5. The lowest BCUT2D eigenvalue weighted by Crippen LogP contribution is -2.51. The SMILES string of the molecule is C[C@H](NC(=O)C(C)(C)Oc1ccc(C(F)(F)[18F])cn1)[C@@H](Cc1ccc(Cl)cc1)c1cccc(C#N)c1. The molecule has 1 heterocycles. The number of hydrogen-bond acceptors (Lipinski definition) is 4. The first-order chi connectivity index (χ1) is 16.9. The fourth-order valence-electron chi connectivity index (χ4n) is 3.69. The number of nitrogens with zero attached hydrogens (tertiary/aromatic N) is 2. The van der Waals surface area contributed by atoms with Crippen LogP contribution in [0.5, 0.6) is 5.88 Å². The van der Waals surface area contributed by atoms with Gasteiger partial charge in [0.15, 0.2) is 5.60 Å². The summed E-state index contributed by atoms with van der Waals surface area (Å²) in [4.78, 5) is 16.8. The Morgan fingerprint density at radius 3 is 2.42 bits per heavy atom. The third-order valence-electron chi connectivity index (χ3n) is 5.75. The number of ether oxygens (including phenoxy) is 1. The predicted octanol–water partition coefficient (Wildman–Crippen LogP) is 6.31. The Bertz CT molecular complexity index is 1240. The minimum atomic E-state index is -4.52. The van der Waals surface area contributed by atoms with E-state index in [0.29, 0.717) is 23.2 Å². The maximum atomic E-state index is 13.1. The molecule has 5 nitrogen and oxygen atoms in total. The zero-order valence-electron chi connectivity index (χ0n) is 19.9. The van der Waals surface area contributed by atoms with E-state index in [4.69, 9.17) is 16.3 Å². The second kappa shape index (κ2) is 11.0. The van der Waals surface area contributed by atoms with Crippen LogP contribution >= 0.6 is 11.6 Å². The van der Waals surface area contributed by atoms with Crippen molar-refractivity contribution >= 4 is 17.5 Å². The molecule has 0 saturated heterocycles. The van der Waals surface area contributed by atoms with Gasteiger partial charge in [-0.25, -0.2) is 4.98 Å². The van der Waals surface area contributed by atoms with E-state index < -0.39 is 23.2 Å². The molecular formula is C27H25ClF3N3O2. The Hall–Kier alpha value is -3.57. The number of pyridine rings is 1. The summed E-state index contributed by atoms with van der Waals surface area (Å²) in [5, 5.41) is 12.9. The van der Waals surface area contributed by atoms with Gasteiger partial charge in [-0.05, 0) is 68.7 Å². The molecule has 1 aromatic heterocycles. The average molecular weight is 515 g/mol. The number of aromatic nitrogens is 1. The first-order valence-electron chi connectivity index (χ1n) is 11.2. The molecule has 0 bridgehead atoms. The minimum Gasteiger partial charge on any atom is -0.462 e. The van der Waals surface area contributed by atoms with E-state index in [1.165, 1.54) is 13.8 Å². The van der Waals surface area contributed by atoms with E-state index >= 15 is 0 Å². The zero-order chi connectivity index (χ0) is 26.5. The summed E-state index contributed by atoms with van der Waals surface area (Å²) in [5.41, 5.74) is 0.0529. The zero-order valence-corrected chi connectivity index (χ0v) is 20.7. The summed E-state index contributed by atoms with van der Waals surface area (Å²) in [5.74, 6) is -0.757. The van der Waals surface area contributed by atoms with Crippen molar-refractivity contribution in [2.24, 2.45) is 0 Å². The van der Waals surface area contributed by atoms with Gasteiger partial charge in [0.05, 0.1) is 17.2 Å². The van der Waals surface area contributed by atoms with Gasteiger partial charge in [-0.15, -0.1) is 0 Å². The van der Waals surface area contributed by atoms with E-state index in [1.54, 1.807) is 30.3 Å². The Kier molecular flexibility index (Phi) is 8.26. The number of alkyl halides is 3. The van der Waals surface area contributed by atoms with Gasteiger partial charge in [0, 0.05) is 29.2 Å². The van der Waals surface area contributed by atoms with Crippen LogP contribution in [0.1, 0.15) is 48.9 Å². The predicted molar refractivity (Wildman–Crippen MR) is 131 cm³/mol. The van der Waals surface area contributed by atoms with Gasteiger partial charge in [0.2, 0.25) is 5.88 Å². The number of benzene rings is 2. The lowest BCUT2D eigenvalue weighted by Gasteiger charge is -2.30. The maximum absolute atomic E-state index is 13.1. The van der Waals surface area contributed by atoms with Gasteiger partial charge in [0.25, 0.3) is 5.91 Å². The van der Waals surface area contributed by atoms with Crippen LogP contribution in [0.2, 0.25) is 5.02 Å². The highest BCUT2D eigenvalue weighted by Crippen LogP contribution is 2.30. The van der Waals surface area contributed by atoms with Gasteiger partial charge in [0.1, 0.15) is 0 Å². The number of carbonyl (C=O) groups excluding carboxylic acids is 1. The number of amides is 1. The quantitative estimate of drug-likeness (QED) is 0.382. The van der Waals surface area contributed by atoms with Crippen LogP contribution in [0.25, 0.3) is 0 Å². The average Bonchev–Trinajstić information content (AvgIpc) is 2.83. The van der Waals surface area contributed by atoms with Crippen molar-refractivity contribution in [2.45, 2.75) is 50.9 Å². The van der Waals surface area contributed by atoms with Crippen molar-refractivity contribution in [1.82, 2.24) is 10.3 Å². The van der Waals surface area contributed by atoms with E-state index in [-0.39, 0.29) is 17.8 Å².